The summed E-state index contributed by atoms with van der Waals surface area (Å²) in [6, 6.07) is 14.0. The Morgan fingerprint density at radius 1 is 1.00 bits per heavy atom. The van der Waals surface area contributed by atoms with Crippen LogP contribution in [0, 0.1) is 0 Å². The predicted molar refractivity (Wildman–Crippen MR) is 101 cm³/mol. The molecule has 0 aliphatic carbocycles. The molecule has 0 bridgehead atoms. The molecule has 0 saturated carbocycles. The van der Waals surface area contributed by atoms with Crippen molar-refractivity contribution in [2.45, 2.75) is 6.54 Å². The fourth-order valence-electron chi connectivity index (χ4n) is 3.00. The topological polar surface area (TPSA) is 54.6 Å². The number of nitrogens with zero attached hydrogens (tertiary/aromatic N) is 4. The Morgan fingerprint density at radius 3 is 2.58 bits per heavy atom. The van der Waals surface area contributed by atoms with Gasteiger partial charge in [-0.2, -0.15) is 4.98 Å². The minimum Gasteiger partial charge on any atom is -0.492 e. The fraction of sp³-hybridized carbons (Fsp3) is 0.368. The Kier molecular flexibility index (Phi) is 5.59. The van der Waals surface area contributed by atoms with Crippen LogP contribution in [0.4, 0.5) is 0 Å². The molecule has 1 aromatic carbocycles. The van der Waals surface area contributed by atoms with E-state index in [4.69, 9.17) is 9.26 Å². The van der Waals surface area contributed by atoms with E-state index in [1.54, 1.807) is 11.3 Å². The van der Waals surface area contributed by atoms with Gasteiger partial charge in [0.25, 0.3) is 0 Å². The minimum absolute atomic E-state index is 0.687. The van der Waals surface area contributed by atoms with Gasteiger partial charge in [0.05, 0.1) is 11.4 Å². The molecule has 0 amide bonds. The molecule has 136 valence electrons. The maximum absolute atomic E-state index is 5.78. The van der Waals surface area contributed by atoms with E-state index in [1.807, 2.05) is 47.8 Å². The second-order valence-electron chi connectivity index (χ2n) is 6.27. The number of piperazine rings is 1. The molecule has 1 fully saturated rings. The summed E-state index contributed by atoms with van der Waals surface area (Å²) in [6.07, 6.45) is 0. The van der Waals surface area contributed by atoms with Crippen molar-refractivity contribution in [3.05, 3.63) is 53.7 Å². The maximum atomic E-state index is 5.78. The van der Waals surface area contributed by atoms with Crippen molar-refractivity contribution in [1.29, 1.82) is 0 Å². The third-order valence-corrected chi connectivity index (χ3v) is 5.32. The van der Waals surface area contributed by atoms with Crippen LogP contribution in [-0.4, -0.2) is 59.3 Å². The van der Waals surface area contributed by atoms with Crippen molar-refractivity contribution in [2.75, 3.05) is 39.3 Å². The summed E-state index contributed by atoms with van der Waals surface area (Å²) in [5, 5.41) is 6.10. The van der Waals surface area contributed by atoms with Gasteiger partial charge in [-0.3, -0.25) is 9.80 Å². The van der Waals surface area contributed by atoms with Crippen molar-refractivity contribution in [2.24, 2.45) is 0 Å². The number of benzene rings is 1. The second-order valence-corrected chi connectivity index (χ2v) is 7.22. The Labute approximate surface area is 157 Å². The largest absolute Gasteiger partial charge is 0.492 e. The average Bonchev–Trinajstić information content (AvgIpc) is 3.36. The first kappa shape index (κ1) is 17.2. The Bertz CT molecular complexity index is 783. The number of aromatic nitrogens is 2. The van der Waals surface area contributed by atoms with Crippen LogP contribution in [0.1, 0.15) is 5.89 Å². The van der Waals surface area contributed by atoms with E-state index in [-0.39, 0.29) is 0 Å². The molecule has 26 heavy (non-hydrogen) atoms. The standard InChI is InChI=1S/C19H22N4O2S/c1-2-5-16(6-3-1)24-13-12-22-8-10-23(11-9-22)15-18-20-19(21-25-18)17-7-4-14-26-17/h1-7,14H,8-13,15H2. The second kappa shape index (κ2) is 8.44. The van der Waals surface area contributed by atoms with Crippen LogP contribution in [0.5, 0.6) is 5.75 Å². The molecule has 6 nitrogen and oxygen atoms in total. The number of rotatable bonds is 7. The van der Waals surface area contributed by atoms with Crippen molar-refractivity contribution >= 4 is 11.3 Å². The van der Waals surface area contributed by atoms with Crippen LogP contribution in [0.25, 0.3) is 10.7 Å². The van der Waals surface area contributed by atoms with Crippen LogP contribution in [0.2, 0.25) is 0 Å². The van der Waals surface area contributed by atoms with Crippen LogP contribution < -0.4 is 4.74 Å². The summed E-state index contributed by atoms with van der Waals surface area (Å²) in [5.41, 5.74) is 0. The van der Waals surface area contributed by atoms with E-state index in [9.17, 15) is 0 Å². The van der Waals surface area contributed by atoms with Crippen LogP contribution in [0.3, 0.4) is 0 Å². The molecular weight excluding hydrogens is 348 g/mol. The molecule has 1 aliphatic heterocycles. The summed E-state index contributed by atoms with van der Waals surface area (Å²) in [7, 11) is 0. The zero-order chi connectivity index (χ0) is 17.6. The first-order valence-electron chi connectivity index (χ1n) is 8.86. The monoisotopic (exact) mass is 370 g/mol. The molecule has 2 aromatic heterocycles. The van der Waals surface area contributed by atoms with Crippen LogP contribution in [-0.2, 0) is 6.54 Å². The van der Waals surface area contributed by atoms with E-state index >= 15 is 0 Å². The Morgan fingerprint density at radius 2 is 1.81 bits per heavy atom. The van der Waals surface area contributed by atoms with Crippen molar-refractivity contribution < 1.29 is 9.26 Å². The van der Waals surface area contributed by atoms with Gasteiger partial charge in [-0.25, -0.2) is 0 Å². The highest BCUT2D eigenvalue weighted by Gasteiger charge is 2.19. The molecule has 3 aromatic rings. The lowest BCUT2D eigenvalue weighted by Crippen LogP contribution is -2.47. The number of para-hydroxylation sites is 1. The Balaban J connectivity index is 1.19. The smallest absolute Gasteiger partial charge is 0.241 e. The number of hydrogen-bond acceptors (Lipinski definition) is 7. The van der Waals surface area contributed by atoms with E-state index in [0.717, 1.165) is 50.0 Å². The molecule has 1 aliphatic rings. The van der Waals surface area contributed by atoms with Gasteiger partial charge in [-0.05, 0) is 23.6 Å². The van der Waals surface area contributed by atoms with Gasteiger partial charge < -0.3 is 9.26 Å². The fourth-order valence-corrected chi connectivity index (χ4v) is 3.65. The summed E-state index contributed by atoms with van der Waals surface area (Å²) < 4.78 is 11.2. The van der Waals surface area contributed by atoms with Gasteiger partial charge >= 0.3 is 0 Å². The average molecular weight is 370 g/mol. The first-order chi connectivity index (χ1) is 12.9. The zero-order valence-electron chi connectivity index (χ0n) is 14.6. The maximum Gasteiger partial charge on any atom is 0.241 e. The molecule has 0 atom stereocenters. The molecule has 3 heterocycles. The number of hydrogen-bond donors (Lipinski definition) is 0. The van der Waals surface area contributed by atoms with E-state index < -0.39 is 0 Å². The molecular formula is C19H22N4O2S. The molecule has 7 heteroatoms. The quantitative estimate of drug-likeness (QED) is 0.637. The molecule has 1 saturated heterocycles. The summed E-state index contributed by atoms with van der Waals surface area (Å²) in [5.74, 6) is 2.31. The zero-order valence-corrected chi connectivity index (χ0v) is 15.4. The molecule has 4 rings (SSSR count). The van der Waals surface area contributed by atoms with Gasteiger partial charge in [-0.15, -0.1) is 11.3 Å². The third-order valence-electron chi connectivity index (χ3n) is 4.45. The molecule has 0 unspecified atom stereocenters. The third kappa shape index (κ3) is 4.49. The van der Waals surface area contributed by atoms with Gasteiger partial charge in [0.15, 0.2) is 0 Å². The van der Waals surface area contributed by atoms with Gasteiger partial charge in [0.2, 0.25) is 11.7 Å². The number of ether oxygens (including phenoxy) is 1. The Hall–Kier alpha value is -2.22. The summed E-state index contributed by atoms with van der Waals surface area (Å²) >= 11 is 1.62. The van der Waals surface area contributed by atoms with Gasteiger partial charge in [-0.1, -0.05) is 29.4 Å². The predicted octanol–water partition coefficient (Wildman–Crippen LogP) is 2.99. The van der Waals surface area contributed by atoms with Crippen molar-refractivity contribution in [1.82, 2.24) is 19.9 Å². The van der Waals surface area contributed by atoms with E-state index in [0.29, 0.717) is 18.3 Å². The SMILES string of the molecule is c1ccc(OCCN2CCN(Cc3nc(-c4cccs4)no3)CC2)cc1. The highest BCUT2D eigenvalue weighted by molar-refractivity contribution is 7.13. The molecule has 0 radical (unpaired) electrons. The molecule has 0 N–H and O–H groups in total. The van der Waals surface area contributed by atoms with E-state index in [2.05, 4.69) is 19.9 Å². The highest BCUT2D eigenvalue weighted by atomic mass is 32.1. The van der Waals surface area contributed by atoms with Crippen LogP contribution in [0.15, 0.2) is 52.4 Å². The van der Waals surface area contributed by atoms with Crippen molar-refractivity contribution in [3.8, 4) is 16.5 Å². The van der Waals surface area contributed by atoms with Crippen LogP contribution >= 0.6 is 11.3 Å². The van der Waals surface area contributed by atoms with E-state index in [1.165, 1.54) is 0 Å². The summed E-state index contributed by atoms with van der Waals surface area (Å²) in [6.45, 7) is 6.45. The summed E-state index contributed by atoms with van der Waals surface area (Å²) in [4.78, 5) is 10.3. The lowest BCUT2D eigenvalue weighted by molar-refractivity contribution is 0.104. The molecule has 0 spiro atoms. The lowest BCUT2D eigenvalue weighted by Gasteiger charge is -2.33. The van der Waals surface area contributed by atoms with Gasteiger partial charge in [0.1, 0.15) is 12.4 Å². The number of thiophene rings is 1. The first-order valence-corrected chi connectivity index (χ1v) is 9.74. The minimum atomic E-state index is 0.687. The normalized spacial score (nSPS) is 16.0. The lowest BCUT2D eigenvalue weighted by atomic mass is 10.3. The van der Waals surface area contributed by atoms with Gasteiger partial charge in [0, 0.05) is 32.7 Å². The highest BCUT2D eigenvalue weighted by Crippen LogP contribution is 2.21. The van der Waals surface area contributed by atoms with Crippen molar-refractivity contribution in [3.63, 3.8) is 0 Å².